The van der Waals surface area contributed by atoms with E-state index in [2.05, 4.69) is 71.5 Å². The summed E-state index contributed by atoms with van der Waals surface area (Å²) in [5.74, 6) is 0.921. The molecular weight excluding hydrogens is 332 g/mol. The molecule has 2 aromatic carbocycles. The predicted molar refractivity (Wildman–Crippen MR) is 104 cm³/mol. The average molecular weight is 348 g/mol. The van der Waals surface area contributed by atoms with Gasteiger partial charge in [0, 0.05) is 16.0 Å². The van der Waals surface area contributed by atoms with Crippen molar-refractivity contribution in [3.8, 4) is 10.4 Å². The monoisotopic (exact) mass is 348 g/mol. The molecule has 0 radical (unpaired) electrons. The summed E-state index contributed by atoms with van der Waals surface area (Å²) in [6.45, 7) is 2.13. The van der Waals surface area contributed by atoms with Gasteiger partial charge in [-0.25, -0.2) is 9.97 Å². The number of thiophene rings is 1. The SMILES string of the molecule is Cc1cccc(CSc2ncnc3sc(-c4ccccc4)cc23)c1. The molecule has 118 valence electrons. The minimum Gasteiger partial charge on any atom is -0.229 e. The highest BCUT2D eigenvalue weighted by atomic mass is 32.2. The molecule has 0 atom stereocenters. The summed E-state index contributed by atoms with van der Waals surface area (Å²) in [6, 6.07) is 21.3. The number of nitrogens with zero attached hydrogens (tertiary/aromatic N) is 2. The number of aryl methyl sites for hydroxylation is 1. The average Bonchev–Trinajstić information content (AvgIpc) is 3.06. The summed E-state index contributed by atoms with van der Waals surface area (Å²) in [7, 11) is 0. The summed E-state index contributed by atoms with van der Waals surface area (Å²) in [6.07, 6.45) is 1.67. The highest BCUT2D eigenvalue weighted by Crippen LogP contribution is 2.36. The van der Waals surface area contributed by atoms with Crippen LogP contribution >= 0.6 is 23.1 Å². The Morgan fingerprint density at radius 2 is 1.83 bits per heavy atom. The second-order valence-electron chi connectivity index (χ2n) is 5.65. The van der Waals surface area contributed by atoms with E-state index in [-0.39, 0.29) is 0 Å². The minimum absolute atomic E-state index is 0.921. The van der Waals surface area contributed by atoms with E-state index < -0.39 is 0 Å². The zero-order valence-electron chi connectivity index (χ0n) is 13.3. The van der Waals surface area contributed by atoms with Gasteiger partial charge in [0.05, 0.1) is 0 Å². The van der Waals surface area contributed by atoms with Crippen LogP contribution in [0.1, 0.15) is 11.1 Å². The van der Waals surface area contributed by atoms with Gasteiger partial charge in [0.2, 0.25) is 0 Å². The molecule has 0 unspecified atom stereocenters. The largest absolute Gasteiger partial charge is 0.229 e. The minimum atomic E-state index is 0.921. The summed E-state index contributed by atoms with van der Waals surface area (Å²) in [5, 5.41) is 2.21. The summed E-state index contributed by atoms with van der Waals surface area (Å²) >= 11 is 3.50. The Labute approximate surface area is 149 Å². The van der Waals surface area contributed by atoms with Gasteiger partial charge in [-0.05, 0) is 24.1 Å². The molecule has 2 aromatic heterocycles. The Morgan fingerprint density at radius 1 is 0.958 bits per heavy atom. The van der Waals surface area contributed by atoms with Crippen molar-refractivity contribution >= 4 is 33.3 Å². The number of rotatable bonds is 4. The van der Waals surface area contributed by atoms with Gasteiger partial charge in [0.15, 0.2) is 0 Å². The normalized spacial score (nSPS) is 11.0. The van der Waals surface area contributed by atoms with Gasteiger partial charge in [-0.3, -0.25) is 0 Å². The van der Waals surface area contributed by atoms with Gasteiger partial charge >= 0.3 is 0 Å². The zero-order chi connectivity index (χ0) is 16.4. The third-order valence-corrected chi connectivity index (χ3v) is 5.98. The van der Waals surface area contributed by atoms with Crippen LogP contribution in [0.2, 0.25) is 0 Å². The van der Waals surface area contributed by atoms with E-state index in [0.717, 1.165) is 21.0 Å². The van der Waals surface area contributed by atoms with Crippen molar-refractivity contribution < 1.29 is 0 Å². The van der Waals surface area contributed by atoms with Crippen molar-refractivity contribution in [2.45, 2.75) is 17.7 Å². The number of aromatic nitrogens is 2. The molecule has 0 amide bonds. The van der Waals surface area contributed by atoms with Crippen LogP contribution in [0.25, 0.3) is 20.7 Å². The molecule has 4 heteroatoms. The lowest BCUT2D eigenvalue weighted by atomic mass is 10.2. The molecule has 0 saturated carbocycles. The predicted octanol–water partition coefficient (Wildman–Crippen LogP) is 5.96. The Morgan fingerprint density at radius 3 is 2.67 bits per heavy atom. The van der Waals surface area contributed by atoms with Crippen molar-refractivity contribution in [2.75, 3.05) is 0 Å². The Bertz CT molecular complexity index is 977. The van der Waals surface area contributed by atoms with Crippen LogP contribution in [0.5, 0.6) is 0 Å². The molecule has 0 saturated heterocycles. The topological polar surface area (TPSA) is 25.8 Å². The molecule has 2 heterocycles. The molecule has 24 heavy (non-hydrogen) atoms. The molecule has 0 bridgehead atoms. The van der Waals surface area contributed by atoms with Crippen LogP contribution < -0.4 is 0 Å². The van der Waals surface area contributed by atoms with E-state index in [4.69, 9.17) is 0 Å². The second kappa shape index (κ2) is 6.75. The van der Waals surface area contributed by atoms with Gasteiger partial charge in [-0.1, -0.05) is 60.2 Å². The first-order valence-electron chi connectivity index (χ1n) is 7.78. The van der Waals surface area contributed by atoms with Gasteiger partial charge < -0.3 is 0 Å². The van der Waals surface area contributed by atoms with E-state index in [1.54, 1.807) is 29.4 Å². The quantitative estimate of drug-likeness (QED) is 0.336. The van der Waals surface area contributed by atoms with Crippen molar-refractivity contribution in [1.29, 1.82) is 0 Å². The molecule has 0 N–H and O–H groups in total. The fourth-order valence-electron chi connectivity index (χ4n) is 2.65. The molecule has 0 spiro atoms. The Kier molecular flexibility index (Phi) is 4.32. The number of thioether (sulfide) groups is 1. The zero-order valence-corrected chi connectivity index (χ0v) is 14.9. The maximum absolute atomic E-state index is 4.51. The smallest absolute Gasteiger partial charge is 0.128 e. The van der Waals surface area contributed by atoms with Gasteiger partial charge in [-0.15, -0.1) is 23.1 Å². The van der Waals surface area contributed by atoms with Crippen LogP contribution in [0.15, 0.2) is 72.0 Å². The summed E-state index contributed by atoms with van der Waals surface area (Å²) < 4.78 is 0. The Hall–Kier alpha value is -2.17. The maximum atomic E-state index is 4.51. The van der Waals surface area contributed by atoms with Crippen molar-refractivity contribution in [1.82, 2.24) is 9.97 Å². The van der Waals surface area contributed by atoms with Crippen LogP contribution in [0, 0.1) is 6.92 Å². The highest BCUT2D eigenvalue weighted by Gasteiger charge is 2.10. The van der Waals surface area contributed by atoms with Crippen LogP contribution in [-0.2, 0) is 5.75 Å². The molecule has 0 aliphatic carbocycles. The first kappa shape index (κ1) is 15.4. The first-order valence-corrected chi connectivity index (χ1v) is 9.58. The lowest BCUT2D eigenvalue weighted by molar-refractivity contribution is 1.11. The van der Waals surface area contributed by atoms with Crippen molar-refractivity contribution in [2.24, 2.45) is 0 Å². The fraction of sp³-hybridized carbons (Fsp3) is 0.100. The lowest BCUT2D eigenvalue weighted by Gasteiger charge is -2.03. The van der Waals surface area contributed by atoms with E-state index in [1.165, 1.54) is 21.6 Å². The number of hydrogen-bond acceptors (Lipinski definition) is 4. The highest BCUT2D eigenvalue weighted by molar-refractivity contribution is 7.98. The van der Waals surface area contributed by atoms with Crippen LogP contribution in [-0.4, -0.2) is 9.97 Å². The molecule has 0 aliphatic rings. The molecule has 0 fully saturated rings. The second-order valence-corrected chi connectivity index (χ2v) is 7.65. The molecule has 2 nitrogen and oxygen atoms in total. The van der Waals surface area contributed by atoms with Crippen molar-refractivity contribution in [3.05, 3.63) is 78.1 Å². The molecule has 4 rings (SSSR count). The van der Waals surface area contributed by atoms with Crippen LogP contribution in [0.4, 0.5) is 0 Å². The number of benzene rings is 2. The van der Waals surface area contributed by atoms with E-state index in [0.29, 0.717) is 0 Å². The number of fused-ring (bicyclic) bond motifs is 1. The van der Waals surface area contributed by atoms with E-state index in [1.807, 2.05) is 6.07 Å². The maximum Gasteiger partial charge on any atom is 0.128 e. The first-order chi connectivity index (χ1) is 11.8. The molecular formula is C20H16N2S2. The van der Waals surface area contributed by atoms with E-state index >= 15 is 0 Å². The third kappa shape index (κ3) is 3.21. The van der Waals surface area contributed by atoms with Gasteiger partial charge in [0.1, 0.15) is 16.2 Å². The summed E-state index contributed by atoms with van der Waals surface area (Å²) in [5.41, 5.74) is 3.85. The standard InChI is InChI=1S/C20H16N2S2/c1-14-6-5-7-15(10-14)12-23-19-17-11-18(16-8-3-2-4-9-16)24-20(17)22-13-21-19/h2-11,13H,12H2,1H3. The fourth-order valence-corrected chi connectivity index (χ4v) is 4.63. The molecule has 0 aliphatic heterocycles. The van der Waals surface area contributed by atoms with E-state index in [9.17, 15) is 0 Å². The lowest BCUT2D eigenvalue weighted by Crippen LogP contribution is -1.86. The van der Waals surface area contributed by atoms with Gasteiger partial charge in [-0.2, -0.15) is 0 Å². The van der Waals surface area contributed by atoms with Gasteiger partial charge in [0.25, 0.3) is 0 Å². The third-order valence-electron chi connectivity index (χ3n) is 3.81. The number of hydrogen-bond donors (Lipinski definition) is 0. The molecule has 4 aromatic rings. The Balaban J connectivity index is 1.65. The van der Waals surface area contributed by atoms with Crippen molar-refractivity contribution in [3.63, 3.8) is 0 Å². The van der Waals surface area contributed by atoms with Crippen LogP contribution in [0.3, 0.4) is 0 Å². The summed E-state index contributed by atoms with van der Waals surface area (Å²) in [4.78, 5) is 11.3.